The van der Waals surface area contributed by atoms with E-state index in [1.54, 1.807) is 4.40 Å². The van der Waals surface area contributed by atoms with Crippen LogP contribution in [0, 0.1) is 0 Å². The summed E-state index contributed by atoms with van der Waals surface area (Å²) in [5.74, 6) is 0.694. The molecule has 1 N–H and O–H groups in total. The molecule has 0 aromatic carbocycles. The number of aromatic nitrogens is 2. The summed E-state index contributed by atoms with van der Waals surface area (Å²) in [5, 5.41) is 9.24. The summed E-state index contributed by atoms with van der Waals surface area (Å²) >= 11 is 0. The fourth-order valence-electron chi connectivity index (χ4n) is 2.59. The number of pyridine rings is 1. The van der Waals surface area contributed by atoms with E-state index >= 15 is 0 Å². The average molecular weight is 259 g/mol. The van der Waals surface area contributed by atoms with Crippen molar-refractivity contribution in [2.75, 3.05) is 18.1 Å². The van der Waals surface area contributed by atoms with Gasteiger partial charge in [-0.1, -0.05) is 6.07 Å². The Morgan fingerprint density at radius 1 is 1.47 bits per heavy atom. The van der Waals surface area contributed by atoms with Crippen molar-refractivity contribution in [1.82, 2.24) is 9.38 Å². The third kappa shape index (κ3) is 2.00. The lowest BCUT2D eigenvalue weighted by atomic mass is 9.91. The van der Waals surface area contributed by atoms with Crippen molar-refractivity contribution in [3.8, 4) is 0 Å². The van der Waals surface area contributed by atoms with E-state index in [0.717, 1.165) is 24.8 Å². The maximum atomic E-state index is 11.4. The Morgan fingerprint density at radius 3 is 2.95 bits per heavy atom. The zero-order chi connectivity index (χ0) is 13.2. The van der Waals surface area contributed by atoms with E-state index in [4.69, 9.17) is 0 Å². The number of aliphatic hydroxyl groups is 1. The summed E-state index contributed by atoms with van der Waals surface area (Å²) in [6.45, 7) is 0.595. The van der Waals surface area contributed by atoms with Gasteiger partial charge >= 0.3 is 0 Å². The fourth-order valence-corrected chi connectivity index (χ4v) is 2.59. The van der Waals surface area contributed by atoms with Crippen LogP contribution < -0.4 is 4.90 Å². The topological polar surface area (TPSA) is 57.8 Å². The molecular formula is C14H17N3O2. The molecular weight excluding hydrogens is 242 g/mol. The van der Waals surface area contributed by atoms with E-state index in [0.29, 0.717) is 24.1 Å². The molecule has 0 saturated heterocycles. The molecule has 0 bridgehead atoms. The SMILES string of the molecule is O=Cc1c(N(CCO)C2CCC2)nc2ccccn12. The molecule has 0 spiro atoms. The first-order valence-electron chi connectivity index (χ1n) is 6.65. The van der Waals surface area contributed by atoms with Gasteiger partial charge in [0.2, 0.25) is 0 Å². The second kappa shape index (κ2) is 5.01. The van der Waals surface area contributed by atoms with Crippen LogP contribution in [0.2, 0.25) is 0 Å². The van der Waals surface area contributed by atoms with E-state index in [9.17, 15) is 9.90 Å². The first-order chi connectivity index (χ1) is 9.35. The summed E-state index contributed by atoms with van der Waals surface area (Å²) < 4.78 is 1.80. The Balaban J connectivity index is 2.08. The number of carbonyl (C=O) groups excluding carboxylic acids is 1. The summed E-state index contributed by atoms with van der Waals surface area (Å²) in [7, 11) is 0. The van der Waals surface area contributed by atoms with Crippen LogP contribution in [0.25, 0.3) is 5.65 Å². The molecule has 0 unspecified atom stereocenters. The molecule has 5 nitrogen and oxygen atoms in total. The molecule has 100 valence electrons. The lowest BCUT2D eigenvalue weighted by molar-refractivity contribution is 0.111. The summed E-state index contributed by atoms with van der Waals surface area (Å²) in [5.41, 5.74) is 1.33. The number of aldehydes is 1. The number of nitrogens with zero attached hydrogens (tertiary/aromatic N) is 3. The van der Waals surface area contributed by atoms with Gasteiger partial charge in [0.05, 0.1) is 6.61 Å². The third-order valence-electron chi connectivity index (χ3n) is 3.79. The molecule has 5 heteroatoms. The minimum absolute atomic E-state index is 0.0721. The molecule has 19 heavy (non-hydrogen) atoms. The lowest BCUT2D eigenvalue weighted by Gasteiger charge is -2.37. The van der Waals surface area contributed by atoms with Crippen molar-refractivity contribution in [2.24, 2.45) is 0 Å². The minimum atomic E-state index is 0.0721. The van der Waals surface area contributed by atoms with Gasteiger partial charge in [0.25, 0.3) is 0 Å². The van der Waals surface area contributed by atoms with Gasteiger partial charge in [0.1, 0.15) is 11.3 Å². The van der Waals surface area contributed by atoms with E-state index in [2.05, 4.69) is 9.88 Å². The number of carbonyl (C=O) groups is 1. The van der Waals surface area contributed by atoms with E-state index < -0.39 is 0 Å². The van der Waals surface area contributed by atoms with Gasteiger partial charge in [0, 0.05) is 18.8 Å². The minimum Gasteiger partial charge on any atom is -0.395 e. The second-order valence-corrected chi connectivity index (χ2v) is 4.87. The van der Waals surface area contributed by atoms with Crippen LogP contribution in [0.15, 0.2) is 24.4 Å². The average Bonchev–Trinajstić information content (AvgIpc) is 2.74. The van der Waals surface area contributed by atoms with Crippen LogP contribution in [0.3, 0.4) is 0 Å². The Labute approximate surface area is 111 Å². The molecule has 1 saturated carbocycles. The second-order valence-electron chi connectivity index (χ2n) is 4.87. The molecule has 0 aliphatic heterocycles. The van der Waals surface area contributed by atoms with Gasteiger partial charge in [-0.3, -0.25) is 9.20 Å². The number of hydrogen-bond donors (Lipinski definition) is 1. The highest BCUT2D eigenvalue weighted by atomic mass is 16.3. The van der Waals surface area contributed by atoms with Crippen LogP contribution >= 0.6 is 0 Å². The maximum Gasteiger partial charge on any atom is 0.170 e. The smallest absolute Gasteiger partial charge is 0.170 e. The van der Waals surface area contributed by atoms with Crippen LogP contribution in [0.1, 0.15) is 29.8 Å². The van der Waals surface area contributed by atoms with Gasteiger partial charge in [-0.15, -0.1) is 0 Å². The molecule has 0 atom stereocenters. The highest BCUT2D eigenvalue weighted by Crippen LogP contribution is 2.30. The van der Waals surface area contributed by atoms with Crippen molar-refractivity contribution < 1.29 is 9.90 Å². The third-order valence-corrected chi connectivity index (χ3v) is 3.79. The quantitative estimate of drug-likeness (QED) is 0.827. The first-order valence-corrected chi connectivity index (χ1v) is 6.65. The Kier molecular flexibility index (Phi) is 3.21. The number of aliphatic hydroxyl groups excluding tert-OH is 1. The van der Waals surface area contributed by atoms with Crippen LogP contribution in [-0.2, 0) is 0 Å². The molecule has 3 rings (SSSR count). The van der Waals surface area contributed by atoms with Crippen molar-refractivity contribution in [1.29, 1.82) is 0 Å². The largest absolute Gasteiger partial charge is 0.395 e. The predicted molar refractivity (Wildman–Crippen MR) is 72.7 cm³/mol. The maximum absolute atomic E-state index is 11.4. The van der Waals surface area contributed by atoms with Crippen molar-refractivity contribution in [2.45, 2.75) is 25.3 Å². The number of imidazole rings is 1. The number of rotatable bonds is 5. The Morgan fingerprint density at radius 2 is 2.32 bits per heavy atom. The van der Waals surface area contributed by atoms with Crippen molar-refractivity contribution >= 4 is 17.8 Å². The van der Waals surface area contributed by atoms with Gasteiger partial charge in [-0.05, 0) is 31.4 Å². The standard InChI is InChI=1S/C14H17N3O2/c18-9-8-16(11-4-3-5-11)14-12(10-19)17-7-2-1-6-13(17)15-14/h1-2,6-7,10-11,18H,3-5,8-9H2. The lowest BCUT2D eigenvalue weighted by Crippen LogP contribution is -2.42. The fraction of sp³-hybridized carbons (Fsp3) is 0.429. The van der Waals surface area contributed by atoms with Crippen molar-refractivity contribution in [3.63, 3.8) is 0 Å². The molecule has 1 aliphatic carbocycles. The number of fused-ring (bicyclic) bond motifs is 1. The molecule has 1 fully saturated rings. The molecule has 0 radical (unpaired) electrons. The van der Waals surface area contributed by atoms with Gasteiger partial charge in [-0.25, -0.2) is 4.98 Å². The summed E-state index contributed by atoms with van der Waals surface area (Å²) in [6, 6.07) is 6.07. The van der Waals surface area contributed by atoms with E-state index in [-0.39, 0.29) is 6.61 Å². The highest BCUT2D eigenvalue weighted by molar-refractivity contribution is 5.83. The van der Waals surface area contributed by atoms with E-state index in [1.165, 1.54) is 6.42 Å². The summed E-state index contributed by atoms with van der Waals surface area (Å²) in [6.07, 6.45) is 6.10. The normalized spacial score (nSPS) is 15.4. The Hall–Kier alpha value is -1.88. The van der Waals surface area contributed by atoms with Gasteiger partial charge in [-0.2, -0.15) is 0 Å². The van der Waals surface area contributed by atoms with Crippen LogP contribution in [0.4, 0.5) is 5.82 Å². The predicted octanol–water partition coefficient (Wildman–Crippen LogP) is 1.50. The zero-order valence-electron chi connectivity index (χ0n) is 10.7. The van der Waals surface area contributed by atoms with Gasteiger partial charge < -0.3 is 10.0 Å². The summed E-state index contributed by atoms with van der Waals surface area (Å²) in [4.78, 5) is 18.0. The van der Waals surface area contributed by atoms with E-state index in [1.807, 2.05) is 24.4 Å². The zero-order valence-corrected chi connectivity index (χ0v) is 10.7. The van der Waals surface area contributed by atoms with Crippen LogP contribution in [-0.4, -0.2) is 40.0 Å². The Bertz CT molecular complexity index is 589. The number of anilines is 1. The number of hydrogen-bond acceptors (Lipinski definition) is 4. The molecule has 2 heterocycles. The van der Waals surface area contributed by atoms with Gasteiger partial charge in [0.15, 0.2) is 12.1 Å². The molecule has 1 aliphatic rings. The highest BCUT2D eigenvalue weighted by Gasteiger charge is 2.28. The van der Waals surface area contributed by atoms with Crippen LogP contribution in [0.5, 0.6) is 0 Å². The van der Waals surface area contributed by atoms with Crippen molar-refractivity contribution in [3.05, 3.63) is 30.1 Å². The monoisotopic (exact) mass is 259 g/mol. The molecule has 2 aromatic rings. The molecule has 0 amide bonds. The first kappa shape index (κ1) is 12.2. The molecule has 2 aromatic heterocycles.